The van der Waals surface area contributed by atoms with Crippen LogP contribution in [0.5, 0.6) is 0 Å². The highest BCUT2D eigenvalue weighted by Crippen LogP contribution is 2.30. The van der Waals surface area contributed by atoms with Gasteiger partial charge in [-0.2, -0.15) is 0 Å². The van der Waals surface area contributed by atoms with Gasteiger partial charge in [0.15, 0.2) is 0 Å². The molecule has 0 saturated carbocycles. The normalized spacial score (nSPS) is 18.8. The standard InChI is InChI=1S/C19H25N3O3S/c1-15-20-11-18(13-25-2)19(21-15)17-9-6-10-22(12-17)26(23,24)14-16-7-4-3-5-8-16/h3-5,7-8,11,17H,6,9-10,12-14H2,1-2H3. The van der Waals surface area contributed by atoms with Gasteiger partial charge in [-0.25, -0.2) is 22.7 Å². The van der Waals surface area contributed by atoms with E-state index in [0.29, 0.717) is 25.5 Å². The predicted molar refractivity (Wildman–Crippen MR) is 100 cm³/mol. The quantitative estimate of drug-likeness (QED) is 0.776. The van der Waals surface area contributed by atoms with E-state index in [2.05, 4.69) is 9.97 Å². The Morgan fingerprint density at radius 2 is 2.04 bits per heavy atom. The Morgan fingerprint density at radius 3 is 2.77 bits per heavy atom. The molecule has 1 atom stereocenters. The number of nitrogens with zero attached hydrogens (tertiary/aromatic N) is 3. The zero-order valence-electron chi connectivity index (χ0n) is 15.3. The Bertz CT molecular complexity index is 840. The Hall–Kier alpha value is -1.83. The van der Waals surface area contributed by atoms with E-state index in [1.54, 1.807) is 17.6 Å². The van der Waals surface area contributed by atoms with Crippen molar-refractivity contribution in [2.24, 2.45) is 0 Å². The summed E-state index contributed by atoms with van der Waals surface area (Å²) >= 11 is 0. The molecule has 6 nitrogen and oxygen atoms in total. The highest BCUT2D eigenvalue weighted by Gasteiger charge is 2.31. The van der Waals surface area contributed by atoms with Crippen molar-refractivity contribution in [3.63, 3.8) is 0 Å². The predicted octanol–water partition coefficient (Wildman–Crippen LogP) is 2.64. The first-order valence-electron chi connectivity index (χ1n) is 8.82. The van der Waals surface area contributed by atoms with E-state index < -0.39 is 10.0 Å². The van der Waals surface area contributed by atoms with Crippen LogP contribution in [-0.2, 0) is 27.1 Å². The lowest BCUT2D eigenvalue weighted by Crippen LogP contribution is -2.40. The third-order valence-corrected chi connectivity index (χ3v) is 6.49. The molecule has 1 aromatic carbocycles. The molecule has 3 rings (SSSR count). The van der Waals surface area contributed by atoms with Crippen molar-refractivity contribution in [2.75, 3.05) is 20.2 Å². The van der Waals surface area contributed by atoms with E-state index in [9.17, 15) is 8.42 Å². The molecule has 0 amide bonds. The number of aryl methyl sites for hydroxylation is 1. The molecular formula is C19H25N3O3S. The zero-order valence-corrected chi connectivity index (χ0v) is 16.1. The van der Waals surface area contributed by atoms with Crippen LogP contribution in [0.15, 0.2) is 36.5 Å². The number of aromatic nitrogens is 2. The summed E-state index contributed by atoms with van der Waals surface area (Å²) in [7, 11) is -1.71. The van der Waals surface area contributed by atoms with Crippen LogP contribution in [0.1, 0.15) is 41.4 Å². The van der Waals surface area contributed by atoms with Gasteiger partial charge in [-0.05, 0) is 25.3 Å². The summed E-state index contributed by atoms with van der Waals surface area (Å²) in [5.74, 6) is 0.805. The third-order valence-electron chi connectivity index (χ3n) is 4.67. The topological polar surface area (TPSA) is 72.4 Å². The number of hydrogen-bond acceptors (Lipinski definition) is 5. The highest BCUT2D eigenvalue weighted by atomic mass is 32.2. The molecule has 0 aliphatic carbocycles. The summed E-state index contributed by atoms with van der Waals surface area (Å²) in [6.07, 6.45) is 3.54. The van der Waals surface area contributed by atoms with Crippen molar-refractivity contribution >= 4 is 10.0 Å². The molecule has 1 saturated heterocycles. The van der Waals surface area contributed by atoms with Gasteiger partial charge in [0.25, 0.3) is 0 Å². The molecule has 26 heavy (non-hydrogen) atoms. The van der Waals surface area contributed by atoms with Crippen molar-refractivity contribution in [3.8, 4) is 0 Å². The molecule has 1 aliphatic rings. The van der Waals surface area contributed by atoms with Gasteiger partial charge in [0.2, 0.25) is 10.0 Å². The number of hydrogen-bond donors (Lipinski definition) is 0. The summed E-state index contributed by atoms with van der Waals surface area (Å²) in [5.41, 5.74) is 2.66. The fraction of sp³-hybridized carbons (Fsp3) is 0.474. The summed E-state index contributed by atoms with van der Waals surface area (Å²) in [4.78, 5) is 8.86. The van der Waals surface area contributed by atoms with Crippen LogP contribution < -0.4 is 0 Å². The Labute approximate surface area is 155 Å². The smallest absolute Gasteiger partial charge is 0.218 e. The lowest BCUT2D eigenvalue weighted by atomic mass is 9.93. The van der Waals surface area contributed by atoms with Crippen LogP contribution in [-0.4, -0.2) is 42.9 Å². The number of piperidine rings is 1. The summed E-state index contributed by atoms with van der Waals surface area (Å²) in [6, 6.07) is 9.32. The maximum absolute atomic E-state index is 12.9. The molecule has 7 heteroatoms. The van der Waals surface area contributed by atoms with Gasteiger partial charge in [-0.15, -0.1) is 0 Å². The van der Waals surface area contributed by atoms with Crippen molar-refractivity contribution < 1.29 is 13.2 Å². The van der Waals surface area contributed by atoms with E-state index in [-0.39, 0.29) is 11.7 Å². The van der Waals surface area contributed by atoms with Gasteiger partial charge in [0.05, 0.1) is 18.1 Å². The van der Waals surface area contributed by atoms with E-state index >= 15 is 0 Å². The van der Waals surface area contributed by atoms with Gasteiger partial charge in [0.1, 0.15) is 5.82 Å². The molecule has 1 aromatic heterocycles. The Morgan fingerprint density at radius 1 is 1.27 bits per heavy atom. The largest absolute Gasteiger partial charge is 0.380 e. The molecule has 1 unspecified atom stereocenters. The van der Waals surface area contributed by atoms with E-state index in [1.807, 2.05) is 37.3 Å². The first kappa shape index (κ1) is 18.9. The van der Waals surface area contributed by atoms with Crippen LogP contribution in [0.3, 0.4) is 0 Å². The fourth-order valence-electron chi connectivity index (χ4n) is 3.43. The van der Waals surface area contributed by atoms with Gasteiger partial charge in [0, 0.05) is 37.9 Å². The molecule has 0 N–H and O–H groups in total. The van der Waals surface area contributed by atoms with Crippen molar-refractivity contribution in [1.82, 2.24) is 14.3 Å². The van der Waals surface area contributed by atoms with E-state index in [0.717, 1.165) is 29.7 Å². The van der Waals surface area contributed by atoms with Crippen LogP contribution in [0, 0.1) is 6.92 Å². The maximum atomic E-state index is 12.9. The molecule has 1 fully saturated rings. The van der Waals surface area contributed by atoms with Crippen LogP contribution >= 0.6 is 0 Å². The highest BCUT2D eigenvalue weighted by molar-refractivity contribution is 7.88. The Kier molecular flexibility index (Phi) is 6.01. The Balaban J connectivity index is 1.80. The lowest BCUT2D eigenvalue weighted by molar-refractivity contribution is 0.182. The molecule has 2 heterocycles. The molecule has 2 aromatic rings. The minimum absolute atomic E-state index is 0.0360. The first-order chi connectivity index (χ1) is 12.5. The van der Waals surface area contributed by atoms with Gasteiger partial charge in [-0.1, -0.05) is 30.3 Å². The van der Waals surface area contributed by atoms with Crippen LogP contribution in [0.4, 0.5) is 0 Å². The molecule has 140 valence electrons. The number of rotatable bonds is 6. The van der Waals surface area contributed by atoms with E-state index in [4.69, 9.17) is 4.74 Å². The minimum Gasteiger partial charge on any atom is -0.380 e. The average Bonchev–Trinajstić information content (AvgIpc) is 2.64. The van der Waals surface area contributed by atoms with Gasteiger partial charge < -0.3 is 4.74 Å². The zero-order chi connectivity index (χ0) is 18.6. The molecule has 1 aliphatic heterocycles. The van der Waals surface area contributed by atoms with Gasteiger partial charge in [-0.3, -0.25) is 0 Å². The SMILES string of the molecule is COCc1cnc(C)nc1C1CCCN(S(=O)(=O)Cc2ccccc2)C1. The second kappa shape index (κ2) is 8.24. The third kappa shape index (κ3) is 4.47. The van der Waals surface area contributed by atoms with Crippen LogP contribution in [0.2, 0.25) is 0 Å². The first-order valence-corrected chi connectivity index (χ1v) is 10.4. The molecule has 0 spiro atoms. The summed E-state index contributed by atoms with van der Waals surface area (Å²) in [5, 5.41) is 0. The molecule has 0 radical (unpaired) electrons. The maximum Gasteiger partial charge on any atom is 0.218 e. The second-order valence-electron chi connectivity index (χ2n) is 6.70. The minimum atomic E-state index is -3.35. The van der Waals surface area contributed by atoms with Crippen molar-refractivity contribution in [1.29, 1.82) is 0 Å². The fourth-order valence-corrected chi connectivity index (χ4v) is 5.04. The van der Waals surface area contributed by atoms with E-state index in [1.165, 1.54) is 0 Å². The van der Waals surface area contributed by atoms with Gasteiger partial charge >= 0.3 is 0 Å². The summed E-state index contributed by atoms with van der Waals surface area (Å²) < 4.78 is 32.6. The van der Waals surface area contributed by atoms with Crippen molar-refractivity contribution in [2.45, 2.75) is 38.0 Å². The number of ether oxygens (including phenoxy) is 1. The number of sulfonamides is 1. The average molecular weight is 375 g/mol. The van der Waals surface area contributed by atoms with Crippen LogP contribution in [0.25, 0.3) is 0 Å². The second-order valence-corrected chi connectivity index (χ2v) is 8.67. The summed E-state index contributed by atoms with van der Waals surface area (Å²) in [6.45, 7) is 3.31. The molecular weight excluding hydrogens is 350 g/mol. The lowest BCUT2D eigenvalue weighted by Gasteiger charge is -2.32. The number of benzene rings is 1. The monoisotopic (exact) mass is 375 g/mol. The van der Waals surface area contributed by atoms with Crippen molar-refractivity contribution in [3.05, 3.63) is 59.2 Å². The number of methoxy groups -OCH3 is 1. The molecule has 0 bridgehead atoms.